The van der Waals surface area contributed by atoms with E-state index in [9.17, 15) is 0 Å². The molecular formula is C5H10N2S. The lowest BCUT2D eigenvalue weighted by Crippen LogP contribution is -2.28. The molecule has 0 aromatic heterocycles. The van der Waals surface area contributed by atoms with Crippen LogP contribution in [0.3, 0.4) is 0 Å². The van der Waals surface area contributed by atoms with Gasteiger partial charge in [0.25, 0.3) is 0 Å². The summed E-state index contributed by atoms with van der Waals surface area (Å²) in [5.41, 5.74) is 5.12. The molecule has 0 fully saturated rings. The number of nitrogens with two attached hydrogens (primary N) is 1. The fraction of sp³-hybridized carbons (Fsp3) is 0.400. The Balaban J connectivity index is 3.05. The number of nitrogens with one attached hydrogen (secondary N) is 1. The minimum atomic E-state index is 0.350. The molecule has 46 valence electrons. The molecule has 0 saturated carbocycles. The van der Waals surface area contributed by atoms with Crippen LogP contribution in [-0.4, -0.2) is 11.7 Å². The summed E-state index contributed by atoms with van der Waals surface area (Å²) in [6.45, 7) is 2.67. The summed E-state index contributed by atoms with van der Waals surface area (Å²) in [5, 5.41) is 3.12. The Kier molecular flexibility index (Phi) is 4.26. The van der Waals surface area contributed by atoms with Crippen LogP contribution in [-0.2, 0) is 0 Å². The number of hydrogen-bond acceptors (Lipinski definition) is 1. The molecule has 3 N–H and O–H groups in total. The summed E-state index contributed by atoms with van der Waals surface area (Å²) in [7, 11) is 0. The van der Waals surface area contributed by atoms with E-state index in [0.29, 0.717) is 5.11 Å². The molecule has 3 heteroatoms. The van der Waals surface area contributed by atoms with Crippen LogP contribution in [0.5, 0.6) is 0 Å². The fourth-order valence-electron chi connectivity index (χ4n) is 0.277. The van der Waals surface area contributed by atoms with Gasteiger partial charge in [0.15, 0.2) is 5.11 Å². The van der Waals surface area contributed by atoms with Crippen molar-refractivity contribution in [3.8, 4) is 0 Å². The van der Waals surface area contributed by atoms with Crippen LogP contribution in [0, 0.1) is 0 Å². The van der Waals surface area contributed by atoms with E-state index in [4.69, 9.17) is 5.73 Å². The monoisotopic (exact) mass is 130 g/mol. The molecule has 0 atom stereocenters. The van der Waals surface area contributed by atoms with Crippen molar-refractivity contribution in [3.63, 3.8) is 0 Å². The Morgan fingerprint density at radius 3 is 2.88 bits per heavy atom. The summed E-state index contributed by atoms with van der Waals surface area (Å²) < 4.78 is 0. The molecule has 0 aliphatic rings. The van der Waals surface area contributed by atoms with Gasteiger partial charge in [-0.1, -0.05) is 12.2 Å². The Morgan fingerprint density at radius 1 is 1.88 bits per heavy atom. The first-order chi connectivity index (χ1) is 3.77. The molecule has 0 radical (unpaired) electrons. The maximum atomic E-state index is 5.12. The first-order valence-corrected chi connectivity index (χ1v) is 2.82. The maximum Gasteiger partial charge on any atom is 0.163 e. The quantitative estimate of drug-likeness (QED) is 0.419. The zero-order chi connectivity index (χ0) is 6.41. The second kappa shape index (κ2) is 4.59. The zero-order valence-corrected chi connectivity index (χ0v) is 5.66. The third-order valence-corrected chi connectivity index (χ3v) is 0.774. The van der Waals surface area contributed by atoms with Crippen molar-refractivity contribution in [2.75, 3.05) is 6.54 Å². The van der Waals surface area contributed by atoms with Gasteiger partial charge in [0.1, 0.15) is 0 Å². The molecule has 0 heterocycles. The van der Waals surface area contributed by atoms with Crippen LogP contribution in [0.15, 0.2) is 12.2 Å². The Hall–Kier alpha value is -0.570. The largest absolute Gasteiger partial charge is 0.376 e. The van der Waals surface area contributed by atoms with E-state index >= 15 is 0 Å². The maximum absolute atomic E-state index is 5.12. The highest BCUT2D eigenvalue weighted by Gasteiger charge is 1.77. The molecule has 0 spiro atoms. The van der Waals surface area contributed by atoms with Crippen LogP contribution < -0.4 is 11.1 Å². The molecule has 0 aromatic carbocycles. The van der Waals surface area contributed by atoms with E-state index in [1.165, 1.54) is 0 Å². The molecule has 0 aliphatic carbocycles. The Labute approximate surface area is 54.8 Å². The van der Waals surface area contributed by atoms with Gasteiger partial charge >= 0.3 is 0 Å². The molecule has 0 unspecified atom stereocenters. The predicted octanol–water partition coefficient (Wildman–Crippen LogP) is 0.396. The van der Waals surface area contributed by atoms with E-state index in [1.807, 2.05) is 19.1 Å². The fourth-order valence-corrected chi connectivity index (χ4v) is 0.361. The van der Waals surface area contributed by atoms with Crippen molar-refractivity contribution in [2.24, 2.45) is 5.73 Å². The lowest BCUT2D eigenvalue weighted by molar-refractivity contribution is 1.05. The summed E-state index contributed by atoms with van der Waals surface area (Å²) in [4.78, 5) is 0. The number of thiocarbonyl (C=S) groups is 1. The SMILES string of the molecule is C/C=C\CNC(N)=S. The van der Waals surface area contributed by atoms with Crippen LogP contribution in [0.4, 0.5) is 0 Å². The van der Waals surface area contributed by atoms with Gasteiger partial charge in [-0.25, -0.2) is 0 Å². The molecule has 0 amide bonds. The first kappa shape index (κ1) is 7.43. The van der Waals surface area contributed by atoms with Crippen molar-refractivity contribution in [1.82, 2.24) is 5.32 Å². The highest BCUT2D eigenvalue weighted by Crippen LogP contribution is 1.65. The molecule has 0 rings (SSSR count). The molecule has 0 bridgehead atoms. The van der Waals surface area contributed by atoms with Gasteiger partial charge in [-0.15, -0.1) is 0 Å². The van der Waals surface area contributed by atoms with Crippen LogP contribution in [0.2, 0.25) is 0 Å². The zero-order valence-electron chi connectivity index (χ0n) is 4.85. The van der Waals surface area contributed by atoms with Crippen molar-refractivity contribution >= 4 is 17.3 Å². The van der Waals surface area contributed by atoms with Crippen molar-refractivity contribution in [3.05, 3.63) is 12.2 Å². The molecule has 2 nitrogen and oxygen atoms in total. The first-order valence-electron chi connectivity index (χ1n) is 2.42. The van der Waals surface area contributed by atoms with Gasteiger partial charge in [-0.3, -0.25) is 0 Å². The summed E-state index contributed by atoms with van der Waals surface area (Å²) in [6.07, 6.45) is 3.88. The standard InChI is InChI=1S/C5H10N2S/c1-2-3-4-7-5(6)8/h2-3H,4H2,1H3,(H3,6,7,8)/b3-2-. The number of allylic oxidation sites excluding steroid dienone is 1. The molecular weight excluding hydrogens is 120 g/mol. The van der Waals surface area contributed by atoms with Gasteiger partial charge in [0.2, 0.25) is 0 Å². The Morgan fingerprint density at radius 2 is 2.50 bits per heavy atom. The lowest BCUT2D eigenvalue weighted by Gasteiger charge is -1.95. The topological polar surface area (TPSA) is 38.0 Å². The van der Waals surface area contributed by atoms with Crippen LogP contribution in [0.1, 0.15) is 6.92 Å². The van der Waals surface area contributed by atoms with E-state index in [1.54, 1.807) is 0 Å². The van der Waals surface area contributed by atoms with Gasteiger partial charge in [0, 0.05) is 6.54 Å². The normalized spacial score (nSPS) is 9.62. The molecule has 0 saturated heterocycles. The second-order valence-electron chi connectivity index (χ2n) is 1.31. The molecule has 0 aliphatic heterocycles. The second-order valence-corrected chi connectivity index (χ2v) is 1.75. The van der Waals surface area contributed by atoms with E-state index < -0.39 is 0 Å². The van der Waals surface area contributed by atoms with Crippen LogP contribution in [0.25, 0.3) is 0 Å². The van der Waals surface area contributed by atoms with Crippen molar-refractivity contribution < 1.29 is 0 Å². The van der Waals surface area contributed by atoms with Gasteiger partial charge < -0.3 is 11.1 Å². The smallest absolute Gasteiger partial charge is 0.163 e. The lowest BCUT2D eigenvalue weighted by atomic mass is 10.5. The third kappa shape index (κ3) is 5.43. The average molecular weight is 130 g/mol. The van der Waals surface area contributed by atoms with E-state index in [0.717, 1.165) is 6.54 Å². The Bertz CT molecular complexity index is 98.6. The van der Waals surface area contributed by atoms with Crippen molar-refractivity contribution in [1.29, 1.82) is 0 Å². The average Bonchev–Trinajstić information content (AvgIpc) is 1.66. The minimum Gasteiger partial charge on any atom is -0.376 e. The van der Waals surface area contributed by atoms with Crippen LogP contribution >= 0.6 is 12.2 Å². The van der Waals surface area contributed by atoms with Gasteiger partial charge in [-0.2, -0.15) is 0 Å². The third-order valence-electron chi connectivity index (χ3n) is 0.630. The number of rotatable bonds is 2. The highest BCUT2D eigenvalue weighted by molar-refractivity contribution is 7.80. The summed E-state index contributed by atoms with van der Waals surface area (Å²) >= 11 is 4.54. The molecule has 8 heavy (non-hydrogen) atoms. The van der Waals surface area contributed by atoms with E-state index in [2.05, 4.69) is 17.5 Å². The summed E-state index contributed by atoms with van der Waals surface area (Å²) in [6, 6.07) is 0. The highest BCUT2D eigenvalue weighted by atomic mass is 32.1. The van der Waals surface area contributed by atoms with Crippen molar-refractivity contribution in [2.45, 2.75) is 6.92 Å². The van der Waals surface area contributed by atoms with Gasteiger partial charge in [0.05, 0.1) is 0 Å². The number of hydrogen-bond donors (Lipinski definition) is 2. The summed E-state index contributed by atoms with van der Waals surface area (Å²) in [5.74, 6) is 0. The predicted molar refractivity (Wildman–Crippen MR) is 39.6 cm³/mol. The molecule has 0 aromatic rings. The minimum absolute atomic E-state index is 0.350. The van der Waals surface area contributed by atoms with Gasteiger partial charge in [-0.05, 0) is 19.1 Å². The van der Waals surface area contributed by atoms with E-state index in [-0.39, 0.29) is 0 Å².